The second-order valence-electron chi connectivity index (χ2n) is 6.40. The van der Waals surface area contributed by atoms with Crippen molar-refractivity contribution in [3.63, 3.8) is 0 Å². The standard InChI is InChI=1S/C20H24N4O3/c1-6-18-19(14(4)27-23-18)20(25)22-12(2)17-11-21-24(13(17)3)15-7-9-16(26-5)10-8-15/h7-12H,6H2,1-5H3,(H,22,25)/t12-/m0/s1. The molecule has 1 aromatic carbocycles. The van der Waals surface area contributed by atoms with Gasteiger partial charge in [-0.25, -0.2) is 4.68 Å². The van der Waals surface area contributed by atoms with E-state index in [0.717, 1.165) is 22.7 Å². The Hall–Kier alpha value is -3.09. The first kappa shape index (κ1) is 18.7. The number of carbonyl (C=O) groups is 1. The number of aryl methyl sites for hydroxylation is 2. The minimum atomic E-state index is -0.205. The fraction of sp³-hybridized carbons (Fsp3) is 0.350. The van der Waals surface area contributed by atoms with Crippen LogP contribution < -0.4 is 10.1 Å². The molecule has 27 heavy (non-hydrogen) atoms. The van der Waals surface area contributed by atoms with Crippen molar-refractivity contribution >= 4 is 5.91 Å². The third-order valence-corrected chi connectivity index (χ3v) is 4.67. The summed E-state index contributed by atoms with van der Waals surface area (Å²) in [7, 11) is 1.64. The first-order chi connectivity index (χ1) is 13.0. The van der Waals surface area contributed by atoms with Crippen LogP contribution >= 0.6 is 0 Å². The summed E-state index contributed by atoms with van der Waals surface area (Å²) in [6, 6.07) is 7.47. The van der Waals surface area contributed by atoms with Gasteiger partial charge in [0.05, 0.1) is 30.7 Å². The van der Waals surface area contributed by atoms with E-state index >= 15 is 0 Å². The van der Waals surface area contributed by atoms with Gasteiger partial charge in [-0.05, 0) is 51.5 Å². The normalized spacial score (nSPS) is 12.0. The van der Waals surface area contributed by atoms with E-state index in [0.29, 0.717) is 23.4 Å². The van der Waals surface area contributed by atoms with Crippen LogP contribution in [0.5, 0.6) is 5.75 Å². The van der Waals surface area contributed by atoms with Crippen LogP contribution in [0.1, 0.15) is 53.0 Å². The minimum Gasteiger partial charge on any atom is -0.497 e. The molecule has 7 nitrogen and oxygen atoms in total. The van der Waals surface area contributed by atoms with Crippen LogP contribution in [0.15, 0.2) is 35.0 Å². The molecule has 0 aliphatic heterocycles. The molecular formula is C20H24N4O3. The van der Waals surface area contributed by atoms with E-state index in [2.05, 4.69) is 15.6 Å². The highest BCUT2D eigenvalue weighted by Gasteiger charge is 2.22. The van der Waals surface area contributed by atoms with Crippen LogP contribution in [0.3, 0.4) is 0 Å². The molecule has 1 amide bonds. The summed E-state index contributed by atoms with van der Waals surface area (Å²) in [4.78, 5) is 12.7. The van der Waals surface area contributed by atoms with E-state index in [9.17, 15) is 4.79 Å². The fourth-order valence-corrected chi connectivity index (χ4v) is 3.13. The number of carbonyl (C=O) groups excluding carboxylic acids is 1. The van der Waals surface area contributed by atoms with E-state index in [1.165, 1.54) is 0 Å². The van der Waals surface area contributed by atoms with Crippen LogP contribution in [0, 0.1) is 13.8 Å². The van der Waals surface area contributed by atoms with Gasteiger partial charge in [0, 0.05) is 11.3 Å². The number of nitrogens with one attached hydrogen (secondary N) is 1. The van der Waals surface area contributed by atoms with Gasteiger partial charge >= 0.3 is 0 Å². The largest absolute Gasteiger partial charge is 0.497 e. The molecule has 0 spiro atoms. The summed E-state index contributed by atoms with van der Waals surface area (Å²) in [5, 5.41) is 11.5. The third-order valence-electron chi connectivity index (χ3n) is 4.67. The highest BCUT2D eigenvalue weighted by atomic mass is 16.5. The Morgan fingerprint density at radius 2 is 2.00 bits per heavy atom. The Kier molecular flexibility index (Phi) is 5.30. The van der Waals surface area contributed by atoms with Crippen molar-refractivity contribution in [2.75, 3.05) is 7.11 Å². The van der Waals surface area contributed by atoms with Gasteiger partial charge in [-0.15, -0.1) is 0 Å². The van der Waals surface area contributed by atoms with E-state index in [4.69, 9.17) is 9.26 Å². The van der Waals surface area contributed by atoms with Crippen molar-refractivity contribution in [1.29, 1.82) is 0 Å². The maximum atomic E-state index is 12.7. The Morgan fingerprint density at radius 3 is 2.63 bits per heavy atom. The van der Waals surface area contributed by atoms with Gasteiger partial charge in [-0.2, -0.15) is 5.10 Å². The Balaban J connectivity index is 1.81. The predicted octanol–water partition coefficient (Wildman–Crippen LogP) is 3.54. The average molecular weight is 368 g/mol. The summed E-state index contributed by atoms with van der Waals surface area (Å²) < 4.78 is 12.2. The molecule has 0 bridgehead atoms. The first-order valence-electron chi connectivity index (χ1n) is 8.91. The number of hydrogen-bond acceptors (Lipinski definition) is 5. The second-order valence-corrected chi connectivity index (χ2v) is 6.40. The monoisotopic (exact) mass is 368 g/mol. The number of benzene rings is 1. The molecule has 0 saturated heterocycles. The lowest BCUT2D eigenvalue weighted by Gasteiger charge is -2.14. The van der Waals surface area contributed by atoms with E-state index < -0.39 is 0 Å². The highest BCUT2D eigenvalue weighted by molar-refractivity contribution is 5.96. The SMILES string of the molecule is CCc1noc(C)c1C(=O)N[C@@H](C)c1cnn(-c2ccc(OC)cc2)c1C. The van der Waals surface area contributed by atoms with Crippen molar-refractivity contribution in [2.24, 2.45) is 0 Å². The molecule has 1 N–H and O–H groups in total. The second kappa shape index (κ2) is 7.65. The topological polar surface area (TPSA) is 82.2 Å². The lowest BCUT2D eigenvalue weighted by atomic mass is 10.1. The number of rotatable bonds is 6. The minimum absolute atomic E-state index is 0.185. The van der Waals surface area contributed by atoms with Crippen LogP contribution in [-0.4, -0.2) is 28.0 Å². The Labute approximate surface area is 158 Å². The van der Waals surface area contributed by atoms with Crippen molar-refractivity contribution < 1.29 is 14.1 Å². The zero-order valence-corrected chi connectivity index (χ0v) is 16.2. The van der Waals surface area contributed by atoms with Crippen molar-refractivity contribution in [3.05, 3.63) is 58.7 Å². The molecule has 0 saturated carbocycles. The summed E-state index contributed by atoms with van der Waals surface area (Å²) >= 11 is 0. The quantitative estimate of drug-likeness (QED) is 0.720. The summed E-state index contributed by atoms with van der Waals surface area (Å²) in [5.74, 6) is 1.14. The number of nitrogens with zero attached hydrogens (tertiary/aromatic N) is 3. The van der Waals surface area contributed by atoms with Crippen LogP contribution in [0.25, 0.3) is 5.69 Å². The first-order valence-corrected chi connectivity index (χ1v) is 8.91. The molecule has 0 unspecified atom stereocenters. The van der Waals surface area contributed by atoms with Crippen LogP contribution in [0.2, 0.25) is 0 Å². The van der Waals surface area contributed by atoms with Gasteiger partial charge in [0.15, 0.2) is 0 Å². The van der Waals surface area contributed by atoms with Gasteiger partial charge in [0.2, 0.25) is 0 Å². The molecule has 0 fully saturated rings. The van der Waals surface area contributed by atoms with E-state index in [1.807, 2.05) is 49.7 Å². The van der Waals surface area contributed by atoms with Crippen LogP contribution in [0.4, 0.5) is 0 Å². The molecule has 1 atom stereocenters. The molecule has 142 valence electrons. The molecule has 3 rings (SSSR count). The number of hydrogen-bond donors (Lipinski definition) is 1. The molecule has 2 heterocycles. The van der Waals surface area contributed by atoms with Crippen molar-refractivity contribution in [2.45, 2.75) is 40.2 Å². The van der Waals surface area contributed by atoms with Gasteiger partial charge in [-0.1, -0.05) is 12.1 Å². The number of aromatic nitrogens is 3. The van der Waals surface area contributed by atoms with Gasteiger partial charge < -0.3 is 14.6 Å². The van der Waals surface area contributed by atoms with E-state index in [-0.39, 0.29) is 11.9 Å². The maximum absolute atomic E-state index is 12.7. The molecular weight excluding hydrogens is 344 g/mol. The summed E-state index contributed by atoms with van der Waals surface area (Å²) in [5.41, 5.74) is 4.03. The Morgan fingerprint density at radius 1 is 1.30 bits per heavy atom. The molecule has 0 aliphatic carbocycles. The Bertz CT molecular complexity index is 941. The average Bonchev–Trinajstić information content (AvgIpc) is 3.24. The smallest absolute Gasteiger partial charge is 0.257 e. The molecule has 2 aromatic heterocycles. The summed E-state index contributed by atoms with van der Waals surface area (Å²) in [6.07, 6.45) is 2.43. The maximum Gasteiger partial charge on any atom is 0.257 e. The number of amides is 1. The predicted molar refractivity (Wildman–Crippen MR) is 101 cm³/mol. The van der Waals surface area contributed by atoms with Gasteiger partial charge in [0.1, 0.15) is 17.1 Å². The number of ether oxygens (including phenoxy) is 1. The third kappa shape index (κ3) is 3.58. The van der Waals surface area contributed by atoms with Crippen molar-refractivity contribution in [1.82, 2.24) is 20.3 Å². The summed E-state index contributed by atoms with van der Waals surface area (Å²) in [6.45, 7) is 7.62. The highest BCUT2D eigenvalue weighted by Crippen LogP contribution is 2.23. The molecule has 7 heteroatoms. The fourth-order valence-electron chi connectivity index (χ4n) is 3.13. The zero-order chi connectivity index (χ0) is 19.6. The van der Waals surface area contributed by atoms with Gasteiger partial charge in [0.25, 0.3) is 5.91 Å². The van der Waals surface area contributed by atoms with Crippen molar-refractivity contribution in [3.8, 4) is 11.4 Å². The zero-order valence-electron chi connectivity index (χ0n) is 16.2. The van der Waals surface area contributed by atoms with Gasteiger partial charge in [-0.3, -0.25) is 4.79 Å². The lowest BCUT2D eigenvalue weighted by Crippen LogP contribution is -2.28. The van der Waals surface area contributed by atoms with Crippen LogP contribution in [-0.2, 0) is 6.42 Å². The molecule has 0 radical (unpaired) electrons. The van der Waals surface area contributed by atoms with E-state index in [1.54, 1.807) is 20.2 Å². The number of methoxy groups -OCH3 is 1. The molecule has 3 aromatic rings. The molecule has 0 aliphatic rings. The lowest BCUT2D eigenvalue weighted by molar-refractivity contribution is 0.0937.